The van der Waals surface area contributed by atoms with Gasteiger partial charge in [0.05, 0.1) is 18.8 Å². The molecule has 5 heteroatoms. The van der Waals surface area contributed by atoms with Crippen LogP contribution in [0.4, 0.5) is 11.6 Å². The average Bonchev–Trinajstić information content (AvgIpc) is 3.54. The van der Waals surface area contributed by atoms with Crippen LogP contribution in [0, 0.1) is 12.3 Å². The van der Waals surface area contributed by atoms with Crippen LogP contribution in [0.1, 0.15) is 60.1 Å². The Kier molecular flexibility index (Phi) is 5.32. The normalized spacial score (nSPS) is 24.7. The van der Waals surface area contributed by atoms with E-state index < -0.39 is 0 Å². The number of hydrogen-bond acceptors (Lipinski definition) is 5. The zero-order chi connectivity index (χ0) is 24.2. The van der Waals surface area contributed by atoms with E-state index in [1.165, 1.54) is 65.7 Å². The first-order valence-corrected chi connectivity index (χ1v) is 13.7. The summed E-state index contributed by atoms with van der Waals surface area (Å²) in [6.07, 6.45) is 9.25. The second kappa shape index (κ2) is 8.58. The molecule has 1 aliphatic carbocycles. The molecule has 186 valence electrons. The number of rotatable bonds is 4. The number of aryl methyl sites for hydroxylation is 1. The molecule has 1 atom stereocenters. The van der Waals surface area contributed by atoms with E-state index in [2.05, 4.69) is 71.5 Å². The van der Waals surface area contributed by atoms with Crippen molar-refractivity contribution in [1.82, 2.24) is 9.97 Å². The minimum Gasteiger partial charge on any atom is -0.381 e. The first kappa shape index (κ1) is 22.3. The highest BCUT2D eigenvalue weighted by atomic mass is 16.5. The Morgan fingerprint density at radius 3 is 2.33 bits per heavy atom. The van der Waals surface area contributed by atoms with Crippen molar-refractivity contribution in [2.75, 3.05) is 42.6 Å². The third-order valence-corrected chi connectivity index (χ3v) is 9.44. The molecule has 0 bridgehead atoms. The van der Waals surface area contributed by atoms with Gasteiger partial charge in [-0.1, -0.05) is 48.4 Å². The van der Waals surface area contributed by atoms with Gasteiger partial charge < -0.3 is 14.5 Å². The van der Waals surface area contributed by atoms with E-state index in [0.29, 0.717) is 5.41 Å². The molecule has 36 heavy (non-hydrogen) atoms. The van der Waals surface area contributed by atoms with Gasteiger partial charge >= 0.3 is 0 Å². The molecule has 2 saturated heterocycles. The largest absolute Gasteiger partial charge is 0.381 e. The lowest BCUT2D eigenvalue weighted by Gasteiger charge is -2.43. The molecule has 4 aliphatic rings. The summed E-state index contributed by atoms with van der Waals surface area (Å²) in [5.74, 6) is 0.903. The second-order valence-electron chi connectivity index (χ2n) is 11.6. The van der Waals surface area contributed by atoms with Gasteiger partial charge in [0.2, 0.25) is 5.95 Å². The van der Waals surface area contributed by atoms with Crippen molar-refractivity contribution in [2.45, 2.75) is 57.4 Å². The molecule has 3 aliphatic heterocycles. The number of benzene rings is 2. The van der Waals surface area contributed by atoms with Gasteiger partial charge in [-0.25, -0.2) is 9.97 Å². The lowest BCUT2D eigenvalue weighted by Crippen LogP contribution is -2.35. The van der Waals surface area contributed by atoms with Gasteiger partial charge in [0.15, 0.2) is 0 Å². The van der Waals surface area contributed by atoms with E-state index in [9.17, 15) is 0 Å². The maximum absolute atomic E-state index is 5.72. The molecule has 0 amide bonds. The molecule has 0 N–H and O–H groups in total. The van der Waals surface area contributed by atoms with E-state index in [0.717, 1.165) is 51.8 Å². The lowest BCUT2D eigenvalue weighted by molar-refractivity contribution is 0.160. The Hall–Kier alpha value is -2.92. The maximum Gasteiger partial charge on any atom is 0.225 e. The van der Waals surface area contributed by atoms with E-state index >= 15 is 0 Å². The van der Waals surface area contributed by atoms with Gasteiger partial charge in [-0.3, -0.25) is 0 Å². The van der Waals surface area contributed by atoms with E-state index in [-0.39, 0.29) is 5.41 Å². The smallest absolute Gasteiger partial charge is 0.225 e. The van der Waals surface area contributed by atoms with Crippen LogP contribution in [-0.4, -0.2) is 42.8 Å². The summed E-state index contributed by atoms with van der Waals surface area (Å²) in [4.78, 5) is 14.7. The Labute approximate surface area is 214 Å². The number of anilines is 2. The zero-order valence-corrected chi connectivity index (χ0v) is 21.4. The van der Waals surface area contributed by atoms with Crippen LogP contribution in [-0.2, 0) is 23.1 Å². The van der Waals surface area contributed by atoms with Crippen LogP contribution < -0.4 is 9.80 Å². The Balaban J connectivity index is 1.09. The second-order valence-corrected chi connectivity index (χ2v) is 11.6. The average molecular weight is 481 g/mol. The molecule has 4 heterocycles. The molecule has 3 fully saturated rings. The van der Waals surface area contributed by atoms with E-state index in [1.54, 1.807) is 0 Å². The third-order valence-electron chi connectivity index (χ3n) is 9.44. The molecular weight excluding hydrogens is 444 g/mol. The van der Waals surface area contributed by atoms with Crippen LogP contribution in [0.3, 0.4) is 0 Å². The van der Waals surface area contributed by atoms with Crippen LogP contribution >= 0.6 is 0 Å². The fourth-order valence-electron chi connectivity index (χ4n) is 6.88. The summed E-state index contributed by atoms with van der Waals surface area (Å²) in [5, 5.41) is 0. The fourth-order valence-corrected chi connectivity index (χ4v) is 6.88. The topological polar surface area (TPSA) is 41.5 Å². The van der Waals surface area contributed by atoms with Gasteiger partial charge in [0, 0.05) is 49.0 Å². The predicted molar refractivity (Wildman–Crippen MR) is 144 cm³/mol. The summed E-state index contributed by atoms with van der Waals surface area (Å²) < 4.78 is 5.72. The van der Waals surface area contributed by atoms with Gasteiger partial charge in [0.25, 0.3) is 0 Å². The van der Waals surface area contributed by atoms with Crippen molar-refractivity contribution in [1.29, 1.82) is 0 Å². The molecule has 1 saturated carbocycles. The molecular formula is C31H36N4O. The molecule has 1 spiro atoms. The maximum atomic E-state index is 5.72. The van der Waals surface area contributed by atoms with Crippen LogP contribution in [0.5, 0.6) is 0 Å². The zero-order valence-electron chi connectivity index (χ0n) is 21.4. The highest BCUT2D eigenvalue weighted by molar-refractivity contribution is 5.53. The SMILES string of the molecule is Cc1ccc(C2(c3ccc(N4CCc5cnc(N6CCC7(CCOC7)C6)nc5C4)cc3)CCC2)cc1. The summed E-state index contributed by atoms with van der Waals surface area (Å²) in [7, 11) is 0. The minimum atomic E-state index is 0.195. The highest BCUT2D eigenvalue weighted by Crippen LogP contribution is 2.49. The first-order valence-electron chi connectivity index (χ1n) is 13.7. The van der Waals surface area contributed by atoms with Gasteiger partial charge in [-0.05, 0) is 67.9 Å². The third kappa shape index (κ3) is 3.71. The summed E-state index contributed by atoms with van der Waals surface area (Å²) >= 11 is 0. The molecule has 5 nitrogen and oxygen atoms in total. The van der Waals surface area contributed by atoms with Crippen molar-refractivity contribution < 1.29 is 4.74 Å². The molecule has 7 rings (SSSR count). The van der Waals surface area contributed by atoms with Gasteiger partial charge in [-0.2, -0.15) is 0 Å². The standard InChI is InChI=1S/C31H36N4O/c1-23-3-5-25(6-4-23)31(12-2-13-31)26-7-9-27(10-8-26)34-16-11-24-19-32-29(33-28(24)20-34)35-17-14-30(21-35)15-18-36-22-30/h3-10,19H,2,11-18,20-22H2,1H3. The van der Waals surface area contributed by atoms with Crippen molar-refractivity contribution in [3.8, 4) is 0 Å². The highest BCUT2D eigenvalue weighted by Gasteiger charge is 2.42. The quantitative estimate of drug-likeness (QED) is 0.498. The number of ether oxygens (including phenoxy) is 1. The van der Waals surface area contributed by atoms with Crippen molar-refractivity contribution >= 4 is 11.6 Å². The number of aromatic nitrogens is 2. The van der Waals surface area contributed by atoms with Crippen LogP contribution in [0.15, 0.2) is 54.7 Å². The van der Waals surface area contributed by atoms with E-state index in [1.807, 2.05) is 0 Å². The number of nitrogens with zero attached hydrogens (tertiary/aromatic N) is 4. The summed E-state index contributed by atoms with van der Waals surface area (Å²) in [6, 6.07) is 18.6. The van der Waals surface area contributed by atoms with Crippen molar-refractivity contribution in [3.63, 3.8) is 0 Å². The lowest BCUT2D eigenvalue weighted by atomic mass is 9.60. The van der Waals surface area contributed by atoms with Crippen molar-refractivity contribution in [2.24, 2.45) is 5.41 Å². The monoisotopic (exact) mass is 480 g/mol. The summed E-state index contributed by atoms with van der Waals surface area (Å²) in [5.41, 5.74) is 8.57. The van der Waals surface area contributed by atoms with Gasteiger partial charge in [0.1, 0.15) is 0 Å². The van der Waals surface area contributed by atoms with Crippen molar-refractivity contribution in [3.05, 3.63) is 82.7 Å². The molecule has 2 aromatic carbocycles. The molecule has 1 unspecified atom stereocenters. The number of fused-ring (bicyclic) bond motifs is 1. The first-order chi connectivity index (χ1) is 17.6. The fraction of sp³-hybridized carbons (Fsp3) is 0.484. The van der Waals surface area contributed by atoms with Gasteiger partial charge in [-0.15, -0.1) is 0 Å². The molecule has 1 aromatic heterocycles. The van der Waals surface area contributed by atoms with Crippen LogP contribution in [0.25, 0.3) is 0 Å². The molecule has 0 radical (unpaired) electrons. The molecule has 3 aromatic rings. The Bertz CT molecular complexity index is 1240. The van der Waals surface area contributed by atoms with Crippen LogP contribution in [0.2, 0.25) is 0 Å². The minimum absolute atomic E-state index is 0.195. The predicted octanol–water partition coefficient (Wildman–Crippen LogP) is 5.43. The summed E-state index contributed by atoms with van der Waals surface area (Å²) in [6.45, 7) is 7.90. The Morgan fingerprint density at radius 1 is 0.861 bits per heavy atom. The van der Waals surface area contributed by atoms with E-state index in [4.69, 9.17) is 14.7 Å². The number of hydrogen-bond donors (Lipinski definition) is 0. The Morgan fingerprint density at radius 2 is 1.64 bits per heavy atom.